The van der Waals surface area contributed by atoms with Gasteiger partial charge in [0, 0.05) is 0 Å². The van der Waals surface area contributed by atoms with E-state index >= 15 is 0 Å². The van der Waals surface area contributed by atoms with Gasteiger partial charge in [0.1, 0.15) is 0 Å². The summed E-state index contributed by atoms with van der Waals surface area (Å²) in [5.41, 5.74) is 41.1. The summed E-state index contributed by atoms with van der Waals surface area (Å²) in [6.07, 6.45) is 134. The molecule has 0 N–H and O–H groups in total. The summed E-state index contributed by atoms with van der Waals surface area (Å²) in [6.45, 7) is 0. The molecule has 598 valence electrons. The smallest absolute Gasteiger partial charge is 0.00168 e. The number of benzene rings is 3. The minimum atomic E-state index is 1.11. The van der Waals surface area contributed by atoms with Crippen molar-refractivity contribution in [3.05, 3.63) is 429 Å². The Bertz CT molecular complexity index is 4900. The number of rotatable bonds is 0. The van der Waals surface area contributed by atoms with Crippen LogP contribution in [0.2, 0.25) is 0 Å². The Labute approximate surface area is 705 Å². The summed E-state index contributed by atoms with van der Waals surface area (Å²) in [7, 11) is 0. The maximum atomic E-state index is 2.38. The third-order valence-electron chi connectivity index (χ3n) is 26.7. The second-order valence-corrected chi connectivity index (χ2v) is 34.5. The van der Waals surface area contributed by atoms with Crippen LogP contribution in [0.25, 0.3) is 17.7 Å². The molecule has 117 heavy (non-hydrogen) atoms. The maximum Gasteiger partial charge on any atom is -0.00168 e. The molecule has 0 saturated heterocycles. The molecule has 0 aromatic heterocycles. The van der Waals surface area contributed by atoms with E-state index in [1.165, 1.54) is 286 Å². The average molecular weight is 1540 g/mol. The predicted octanol–water partition coefficient (Wildman–Crippen LogP) is 31.4. The molecule has 0 aliphatic heterocycles. The molecule has 0 heteroatoms. The summed E-state index contributed by atoms with van der Waals surface area (Å²) >= 11 is 0. The normalized spacial score (nSPS) is 21.8. The van der Waals surface area contributed by atoms with Crippen LogP contribution in [0.3, 0.4) is 0 Å². The van der Waals surface area contributed by atoms with Gasteiger partial charge in [-0.3, -0.25) is 0 Å². The Morgan fingerprint density at radius 3 is 1.09 bits per heavy atom. The van der Waals surface area contributed by atoms with Crippen molar-refractivity contribution in [3.63, 3.8) is 0 Å². The van der Waals surface area contributed by atoms with E-state index in [0.717, 1.165) is 32.1 Å². The van der Waals surface area contributed by atoms with E-state index in [1.54, 1.807) is 100 Å². The van der Waals surface area contributed by atoms with Crippen LogP contribution in [0.1, 0.15) is 266 Å². The number of fused-ring (bicyclic) bond motifs is 10. The van der Waals surface area contributed by atoms with Crippen LogP contribution in [0.15, 0.2) is 396 Å². The van der Waals surface area contributed by atoms with E-state index in [9.17, 15) is 0 Å². The molecule has 0 amide bonds. The van der Waals surface area contributed by atoms with E-state index in [4.69, 9.17) is 0 Å². The third kappa shape index (κ3) is 23.5. The molecule has 0 heterocycles. The van der Waals surface area contributed by atoms with Crippen LogP contribution < -0.4 is 10.4 Å². The van der Waals surface area contributed by atoms with Crippen LogP contribution in [0, 0.1) is 0 Å². The lowest BCUT2D eigenvalue weighted by Gasteiger charge is -2.13. The number of hydrogen-bond acceptors (Lipinski definition) is 0. The van der Waals surface area contributed by atoms with E-state index < -0.39 is 0 Å². The quantitative estimate of drug-likeness (QED) is 0.197. The van der Waals surface area contributed by atoms with Gasteiger partial charge in [-0.2, -0.15) is 0 Å². The zero-order valence-corrected chi connectivity index (χ0v) is 70.7. The fourth-order valence-electron chi connectivity index (χ4n) is 20.3. The van der Waals surface area contributed by atoms with Gasteiger partial charge in [0.25, 0.3) is 0 Å². The van der Waals surface area contributed by atoms with Crippen LogP contribution >= 0.6 is 0 Å². The molecule has 4 fully saturated rings. The molecule has 0 spiro atoms. The monoisotopic (exact) mass is 1540 g/mol. The Kier molecular flexibility index (Phi) is 31.0. The standard InChI is InChI=1S/C12H10.C11H10.C9H12.2C9H10.C9H8.3C8H10.3C8H8.C5H10.C5H6/c1-2-6-11-9(4-1)8-10-5-3-7-12(10)11;1-3-8-7-9-4-2-6-11(9)10(8)5-1;4*1-2-5-9-7-3-6-8(9)4-1;6*1-3-7-5-2-6-8(7)4-1;2*1-2-4-5-3-1/h1-6H,7-8H2;1-4H,5-7H2;6-7H,1-5H2;1-2,6-7H,3-5H2;1-2,4-5H,3,6-7H2;1-2,4-7H,3H2;2*3-4H,1-2,5-6H2;1,3H,2,4-6H2;1,3,5-6H,2,4H2;1-3,6H,4-5H2;1-3,5H,4,6H2;1-5H2;1-4H,5H2. The Morgan fingerprint density at radius 1 is 0.197 bits per heavy atom. The van der Waals surface area contributed by atoms with Crippen LogP contribution in [-0.4, -0.2) is 0 Å². The highest BCUT2D eigenvalue weighted by atomic mass is 14.3. The van der Waals surface area contributed by atoms with Crippen molar-refractivity contribution in [2.45, 2.75) is 263 Å². The number of hydrogen-bond donors (Lipinski definition) is 0. The first-order valence-electron chi connectivity index (χ1n) is 46.2. The fourth-order valence-corrected chi connectivity index (χ4v) is 20.3. The van der Waals surface area contributed by atoms with Gasteiger partial charge in [-0.05, 0) is 375 Å². The van der Waals surface area contributed by atoms with Crippen LogP contribution in [-0.2, 0) is 19.3 Å². The Morgan fingerprint density at radius 2 is 0.581 bits per heavy atom. The third-order valence-corrected chi connectivity index (χ3v) is 26.7. The predicted molar refractivity (Wildman–Crippen MR) is 507 cm³/mol. The van der Waals surface area contributed by atoms with E-state index in [2.05, 4.69) is 292 Å². The molecule has 3 aromatic rings. The Hall–Kier alpha value is -9.88. The van der Waals surface area contributed by atoms with Gasteiger partial charge in [-0.15, -0.1) is 0 Å². The first-order chi connectivity index (χ1) is 58.1. The van der Waals surface area contributed by atoms with Gasteiger partial charge in [0.15, 0.2) is 0 Å². The number of allylic oxidation sites excluding steroid dienone is 56. The fraction of sp³-hybridized carbons (Fsp3) is 0.350. The SMILES string of the molecule is C1=C2CCCC2=CC1.C1=C2CCCC2=CC1.C1=C2CCCCC2=CC1.C1=CC2=C(C1)C1=C(C=CC1)C2.C1=CC2=C(C1)CC=C2.C1=CC2=C(C1)CCC2.C1=CC2=C(C1)c1ccccc1C2.C1=CC2=C(C=CC2)C1.C1=CC2=CCC=C2C1.C1=CCC2=CCC=C2C1.C1=CCC=C1.C1=c2ccccc2=CC1.C1CCCC1.c1ccc2c(c1)CCC2. The van der Waals surface area contributed by atoms with Gasteiger partial charge in [-0.1, -0.05) is 335 Å². The van der Waals surface area contributed by atoms with Crippen molar-refractivity contribution in [2.24, 2.45) is 0 Å². The molecular formula is C117H130. The van der Waals surface area contributed by atoms with E-state index in [-0.39, 0.29) is 0 Å². The second-order valence-electron chi connectivity index (χ2n) is 34.5. The van der Waals surface area contributed by atoms with Gasteiger partial charge in [0.2, 0.25) is 0 Å². The highest BCUT2D eigenvalue weighted by Crippen LogP contribution is 2.45. The molecule has 0 nitrogen and oxygen atoms in total. The minimum Gasteiger partial charge on any atom is -0.0838 e. The highest BCUT2D eigenvalue weighted by molar-refractivity contribution is 5.81. The maximum absolute atomic E-state index is 2.38. The largest absolute Gasteiger partial charge is 0.0838 e. The topological polar surface area (TPSA) is 0 Å². The van der Waals surface area contributed by atoms with Crippen molar-refractivity contribution >= 4 is 17.7 Å². The molecular weight excluding hydrogens is 1410 g/mol. The molecule has 25 aliphatic rings. The molecule has 0 bridgehead atoms. The number of aryl methyl sites for hydroxylation is 2. The first kappa shape index (κ1) is 82.2. The first-order valence-corrected chi connectivity index (χ1v) is 46.2. The van der Waals surface area contributed by atoms with Gasteiger partial charge < -0.3 is 0 Å². The molecule has 0 radical (unpaired) electrons. The second kappa shape index (κ2) is 44.1. The average Bonchev–Trinajstić information content (AvgIpc) is 1.64. The summed E-state index contributed by atoms with van der Waals surface area (Å²) in [5, 5.41) is 2.77. The molecule has 0 atom stereocenters. The molecule has 0 unspecified atom stereocenters. The molecule has 3 aromatic carbocycles. The lowest BCUT2D eigenvalue weighted by atomic mass is 9.92. The lowest BCUT2D eigenvalue weighted by molar-refractivity contribution is 0.682. The zero-order chi connectivity index (χ0) is 79.1. The van der Waals surface area contributed by atoms with Crippen molar-refractivity contribution in [3.8, 4) is 0 Å². The van der Waals surface area contributed by atoms with Crippen molar-refractivity contribution < 1.29 is 0 Å². The molecule has 4 saturated carbocycles. The summed E-state index contributed by atoms with van der Waals surface area (Å²) < 4.78 is 0. The minimum absolute atomic E-state index is 1.11. The summed E-state index contributed by atoms with van der Waals surface area (Å²) in [4.78, 5) is 0. The lowest BCUT2D eigenvalue weighted by Crippen LogP contribution is -2.19. The van der Waals surface area contributed by atoms with Gasteiger partial charge in [0.05, 0.1) is 0 Å². The van der Waals surface area contributed by atoms with Crippen molar-refractivity contribution in [2.75, 3.05) is 0 Å². The van der Waals surface area contributed by atoms with Crippen molar-refractivity contribution in [1.82, 2.24) is 0 Å². The van der Waals surface area contributed by atoms with Gasteiger partial charge >= 0.3 is 0 Å². The molecule has 28 rings (SSSR count). The molecule has 25 aliphatic carbocycles. The summed E-state index contributed by atoms with van der Waals surface area (Å²) in [6, 6.07) is 25.9. The van der Waals surface area contributed by atoms with E-state index in [0.29, 0.717) is 0 Å². The van der Waals surface area contributed by atoms with Crippen LogP contribution in [0.4, 0.5) is 0 Å². The van der Waals surface area contributed by atoms with E-state index in [1.807, 2.05) is 0 Å². The van der Waals surface area contributed by atoms with Crippen LogP contribution in [0.5, 0.6) is 0 Å². The van der Waals surface area contributed by atoms with Gasteiger partial charge in [-0.25, -0.2) is 0 Å². The zero-order valence-electron chi connectivity index (χ0n) is 70.7. The Balaban J connectivity index is 0.0000000992. The summed E-state index contributed by atoms with van der Waals surface area (Å²) in [5.74, 6) is 0. The van der Waals surface area contributed by atoms with Crippen molar-refractivity contribution in [1.29, 1.82) is 0 Å². The highest BCUT2D eigenvalue weighted by Gasteiger charge is 2.26.